The van der Waals surface area contributed by atoms with Crippen LogP contribution in [0.3, 0.4) is 0 Å². The highest BCUT2D eigenvalue weighted by Gasteiger charge is 2.28. The topological polar surface area (TPSA) is 44.4 Å². The normalized spacial score (nSPS) is 23.9. The maximum atomic E-state index is 11.5. The summed E-state index contributed by atoms with van der Waals surface area (Å²) in [6.45, 7) is 6.60. The molecule has 1 amide bonds. The van der Waals surface area contributed by atoms with Crippen LogP contribution in [-0.4, -0.2) is 50.1 Å². The fourth-order valence-electron chi connectivity index (χ4n) is 2.45. The van der Waals surface area contributed by atoms with Gasteiger partial charge in [0.05, 0.1) is 0 Å². The van der Waals surface area contributed by atoms with E-state index < -0.39 is 0 Å². The first-order valence-electron chi connectivity index (χ1n) is 7.26. The van der Waals surface area contributed by atoms with Crippen molar-refractivity contribution < 1.29 is 4.79 Å². The van der Waals surface area contributed by atoms with Gasteiger partial charge in [-0.3, -0.25) is 4.79 Å². The number of hydrogen-bond donors (Lipinski definition) is 2. The van der Waals surface area contributed by atoms with Crippen LogP contribution in [0.25, 0.3) is 0 Å². The number of carbonyl (C=O) groups is 1. The van der Waals surface area contributed by atoms with Gasteiger partial charge in [0.15, 0.2) is 0 Å². The third kappa shape index (κ3) is 4.58. The van der Waals surface area contributed by atoms with E-state index in [0.717, 1.165) is 13.1 Å². The summed E-state index contributed by atoms with van der Waals surface area (Å²) in [5, 5.41) is 6.48. The summed E-state index contributed by atoms with van der Waals surface area (Å²) >= 11 is 0. The second-order valence-electron chi connectivity index (χ2n) is 6.38. The zero-order valence-corrected chi connectivity index (χ0v) is 11.8. The lowest BCUT2D eigenvalue weighted by Crippen LogP contribution is -2.42. The average Bonchev–Trinajstić information content (AvgIpc) is 3.13. The molecule has 1 aliphatic carbocycles. The lowest BCUT2D eigenvalue weighted by atomic mass is 9.80. The highest BCUT2D eigenvalue weighted by molar-refractivity contribution is 5.76. The van der Waals surface area contributed by atoms with Crippen LogP contribution >= 0.6 is 0 Å². The van der Waals surface area contributed by atoms with Gasteiger partial charge >= 0.3 is 0 Å². The summed E-state index contributed by atoms with van der Waals surface area (Å²) in [6.07, 6.45) is 5.47. The number of amides is 1. The predicted octanol–water partition coefficient (Wildman–Crippen LogP) is 0.977. The molecule has 0 bridgehead atoms. The molecule has 1 aliphatic heterocycles. The van der Waals surface area contributed by atoms with Gasteiger partial charge in [-0.2, -0.15) is 0 Å². The predicted molar refractivity (Wildman–Crippen MR) is 73.5 cm³/mol. The monoisotopic (exact) mass is 253 g/mol. The Morgan fingerprint density at radius 1 is 1.33 bits per heavy atom. The SMILES string of the molecule is CN1CCC(C)(CNCCC(=O)NC2CC2)CC1. The van der Waals surface area contributed by atoms with Gasteiger partial charge in [-0.15, -0.1) is 0 Å². The first-order valence-corrected chi connectivity index (χ1v) is 7.26. The van der Waals surface area contributed by atoms with Crippen molar-refractivity contribution in [2.45, 2.75) is 45.1 Å². The second kappa shape index (κ2) is 6.02. The van der Waals surface area contributed by atoms with E-state index in [1.807, 2.05) is 0 Å². The van der Waals surface area contributed by atoms with Crippen LogP contribution in [0.5, 0.6) is 0 Å². The summed E-state index contributed by atoms with van der Waals surface area (Å²) in [5.74, 6) is 0.207. The van der Waals surface area contributed by atoms with Crippen molar-refractivity contribution >= 4 is 5.91 Å². The Morgan fingerprint density at radius 3 is 2.61 bits per heavy atom. The molecule has 0 unspecified atom stereocenters. The van der Waals surface area contributed by atoms with Crippen LogP contribution in [0.1, 0.15) is 39.0 Å². The third-order valence-corrected chi connectivity index (χ3v) is 4.22. The minimum atomic E-state index is 0.207. The largest absolute Gasteiger partial charge is 0.353 e. The number of piperidine rings is 1. The molecule has 0 aromatic carbocycles. The highest BCUT2D eigenvalue weighted by atomic mass is 16.1. The van der Waals surface area contributed by atoms with Crippen molar-refractivity contribution in [1.29, 1.82) is 0 Å². The average molecular weight is 253 g/mol. The molecule has 104 valence electrons. The molecular weight excluding hydrogens is 226 g/mol. The number of nitrogens with one attached hydrogen (secondary N) is 2. The smallest absolute Gasteiger partial charge is 0.221 e. The minimum absolute atomic E-state index is 0.207. The van der Waals surface area contributed by atoms with E-state index in [9.17, 15) is 4.79 Å². The fraction of sp³-hybridized carbons (Fsp3) is 0.929. The standard InChI is InChI=1S/C14H27N3O/c1-14(6-9-17(2)10-7-14)11-15-8-5-13(18)16-12-3-4-12/h12,15H,3-11H2,1-2H3,(H,16,18). The van der Waals surface area contributed by atoms with E-state index in [1.54, 1.807) is 0 Å². The molecule has 1 saturated carbocycles. The summed E-state index contributed by atoms with van der Waals surface area (Å²) in [7, 11) is 2.19. The van der Waals surface area contributed by atoms with E-state index in [0.29, 0.717) is 17.9 Å². The Bertz CT molecular complexity index is 281. The van der Waals surface area contributed by atoms with Crippen LogP contribution in [0, 0.1) is 5.41 Å². The van der Waals surface area contributed by atoms with Crippen molar-refractivity contribution in [3.8, 4) is 0 Å². The van der Waals surface area contributed by atoms with Crippen LogP contribution < -0.4 is 10.6 Å². The minimum Gasteiger partial charge on any atom is -0.353 e. The first-order chi connectivity index (χ1) is 8.57. The molecule has 4 nitrogen and oxygen atoms in total. The van der Waals surface area contributed by atoms with Gasteiger partial charge in [0.1, 0.15) is 0 Å². The number of likely N-dealkylation sites (tertiary alicyclic amines) is 1. The van der Waals surface area contributed by atoms with E-state index in [-0.39, 0.29) is 5.91 Å². The molecule has 1 saturated heterocycles. The van der Waals surface area contributed by atoms with Crippen molar-refractivity contribution in [2.75, 3.05) is 33.2 Å². The summed E-state index contributed by atoms with van der Waals surface area (Å²) in [4.78, 5) is 13.9. The van der Waals surface area contributed by atoms with Crippen LogP contribution in [0.2, 0.25) is 0 Å². The van der Waals surface area contributed by atoms with Crippen LogP contribution in [-0.2, 0) is 4.79 Å². The van der Waals surface area contributed by atoms with Crippen LogP contribution in [0.15, 0.2) is 0 Å². The van der Waals surface area contributed by atoms with E-state index in [4.69, 9.17) is 0 Å². The maximum absolute atomic E-state index is 11.5. The Hall–Kier alpha value is -0.610. The Morgan fingerprint density at radius 2 is 2.00 bits per heavy atom. The Balaban J connectivity index is 1.55. The van der Waals surface area contributed by atoms with Gasteiger partial charge in [-0.25, -0.2) is 0 Å². The van der Waals surface area contributed by atoms with E-state index >= 15 is 0 Å². The molecule has 2 aliphatic rings. The van der Waals surface area contributed by atoms with E-state index in [2.05, 4.69) is 29.5 Å². The maximum Gasteiger partial charge on any atom is 0.221 e. The van der Waals surface area contributed by atoms with Gasteiger partial charge in [0.25, 0.3) is 0 Å². The molecular formula is C14H27N3O. The van der Waals surface area contributed by atoms with Crippen molar-refractivity contribution in [2.24, 2.45) is 5.41 Å². The molecule has 0 atom stereocenters. The van der Waals surface area contributed by atoms with Crippen molar-refractivity contribution in [1.82, 2.24) is 15.5 Å². The molecule has 0 aromatic heterocycles. The quantitative estimate of drug-likeness (QED) is 0.694. The third-order valence-electron chi connectivity index (χ3n) is 4.22. The Kier molecular flexibility index (Phi) is 4.62. The highest BCUT2D eigenvalue weighted by Crippen LogP contribution is 2.29. The lowest BCUT2D eigenvalue weighted by molar-refractivity contribution is -0.121. The number of hydrogen-bond acceptors (Lipinski definition) is 3. The first kappa shape index (κ1) is 13.8. The molecule has 0 radical (unpaired) electrons. The van der Waals surface area contributed by atoms with E-state index in [1.165, 1.54) is 38.8 Å². The fourth-order valence-corrected chi connectivity index (χ4v) is 2.45. The van der Waals surface area contributed by atoms with Crippen LogP contribution in [0.4, 0.5) is 0 Å². The molecule has 1 heterocycles. The Labute approximate surface area is 110 Å². The zero-order chi connectivity index (χ0) is 13.0. The van der Waals surface area contributed by atoms with Gasteiger partial charge in [0.2, 0.25) is 5.91 Å². The molecule has 2 N–H and O–H groups in total. The zero-order valence-electron chi connectivity index (χ0n) is 11.8. The van der Waals surface area contributed by atoms with Gasteiger partial charge < -0.3 is 15.5 Å². The molecule has 4 heteroatoms. The summed E-state index contributed by atoms with van der Waals surface area (Å²) in [5.41, 5.74) is 0.416. The number of nitrogens with zero attached hydrogens (tertiary/aromatic N) is 1. The van der Waals surface area contributed by atoms with Gasteiger partial charge in [-0.1, -0.05) is 6.92 Å². The van der Waals surface area contributed by atoms with Gasteiger partial charge in [0, 0.05) is 25.6 Å². The molecule has 2 rings (SSSR count). The molecule has 0 spiro atoms. The number of carbonyl (C=O) groups excluding carboxylic acids is 1. The number of rotatable bonds is 6. The summed E-state index contributed by atoms with van der Waals surface area (Å²) < 4.78 is 0. The molecule has 0 aromatic rings. The van der Waals surface area contributed by atoms with Gasteiger partial charge in [-0.05, 0) is 51.2 Å². The molecule has 18 heavy (non-hydrogen) atoms. The van der Waals surface area contributed by atoms with Crippen molar-refractivity contribution in [3.05, 3.63) is 0 Å². The van der Waals surface area contributed by atoms with Crippen molar-refractivity contribution in [3.63, 3.8) is 0 Å². The summed E-state index contributed by atoms with van der Waals surface area (Å²) in [6, 6.07) is 0.490. The lowest BCUT2D eigenvalue weighted by Gasteiger charge is -2.38. The molecule has 2 fully saturated rings. The second-order valence-corrected chi connectivity index (χ2v) is 6.38.